The number of rotatable bonds is 6. The highest BCUT2D eigenvalue weighted by Crippen LogP contribution is 2.05. The highest BCUT2D eigenvalue weighted by molar-refractivity contribution is 6.66. The molecule has 0 atom stereocenters. The van der Waals surface area contributed by atoms with Gasteiger partial charge < -0.3 is 14.6 Å². The molecule has 0 aliphatic rings. The summed E-state index contributed by atoms with van der Waals surface area (Å²) in [6.07, 6.45) is 0. The minimum absolute atomic E-state index is 0.117. The van der Waals surface area contributed by atoms with Crippen LogP contribution >= 0.6 is 0 Å². The molecule has 1 rings (SSSR count). The first kappa shape index (κ1) is 16.7. The number of amides is 1. The molecule has 0 bridgehead atoms. The van der Waals surface area contributed by atoms with Gasteiger partial charge >= 0.3 is 0 Å². The predicted octanol–water partition coefficient (Wildman–Crippen LogP) is 1.98. The largest absolute Gasteiger partial charge is 0.398 e. The van der Waals surface area contributed by atoms with E-state index in [9.17, 15) is 4.79 Å². The zero-order chi connectivity index (χ0) is 15.8. The van der Waals surface area contributed by atoms with Gasteiger partial charge in [-0.05, 0) is 19.4 Å². The third kappa shape index (κ3) is 5.25. The van der Waals surface area contributed by atoms with Crippen LogP contribution in [0.5, 0.6) is 0 Å². The fraction of sp³-hybridized carbons (Fsp3) is 0.400. The van der Waals surface area contributed by atoms with Gasteiger partial charge in [0.05, 0.1) is 0 Å². The van der Waals surface area contributed by atoms with E-state index in [0.717, 1.165) is 5.56 Å². The smallest absolute Gasteiger partial charge is 0.277 e. The molecule has 0 spiro atoms. The summed E-state index contributed by atoms with van der Waals surface area (Å²) in [6, 6.07) is 7.94. The molecule has 0 radical (unpaired) electrons. The minimum atomic E-state index is -0.294. The Morgan fingerprint density at radius 1 is 1.19 bits per heavy atom. The maximum atomic E-state index is 11.9. The maximum absolute atomic E-state index is 11.9. The van der Waals surface area contributed by atoms with Crippen LogP contribution in [0.2, 0.25) is 0 Å². The Morgan fingerprint density at radius 2 is 1.81 bits per heavy atom. The molecule has 6 nitrogen and oxygen atoms in total. The van der Waals surface area contributed by atoms with Gasteiger partial charge in [-0.1, -0.05) is 40.1 Å². The van der Waals surface area contributed by atoms with Gasteiger partial charge in [0.15, 0.2) is 5.71 Å². The molecule has 0 aliphatic carbocycles. The van der Waals surface area contributed by atoms with E-state index in [0.29, 0.717) is 12.3 Å². The van der Waals surface area contributed by atoms with Crippen molar-refractivity contribution in [3.8, 4) is 0 Å². The summed E-state index contributed by atoms with van der Waals surface area (Å²) in [6.45, 7) is 4.00. The maximum Gasteiger partial charge on any atom is 0.277 e. The molecule has 1 aromatic rings. The summed E-state index contributed by atoms with van der Waals surface area (Å²) in [7, 11) is 4.64. The van der Waals surface area contributed by atoms with E-state index in [1.165, 1.54) is 17.6 Å². The second-order valence-electron chi connectivity index (χ2n) is 4.76. The van der Waals surface area contributed by atoms with Crippen LogP contribution in [0.3, 0.4) is 0 Å². The Morgan fingerprint density at radius 3 is 2.33 bits per heavy atom. The van der Waals surface area contributed by atoms with Crippen molar-refractivity contribution < 1.29 is 14.5 Å². The van der Waals surface area contributed by atoms with Gasteiger partial charge in [-0.15, -0.1) is 0 Å². The van der Waals surface area contributed by atoms with E-state index in [-0.39, 0.29) is 11.6 Å². The SMILES string of the molecule is CO/N=C(C(=O)N(C)C)/C(C)=N/OCc1ccc(C)cc1. The van der Waals surface area contributed by atoms with Crippen molar-refractivity contribution in [1.82, 2.24) is 4.90 Å². The van der Waals surface area contributed by atoms with E-state index in [4.69, 9.17) is 4.84 Å². The molecular weight excluding hydrogens is 270 g/mol. The quantitative estimate of drug-likeness (QED) is 0.594. The first-order valence-electron chi connectivity index (χ1n) is 6.51. The van der Waals surface area contributed by atoms with Gasteiger partial charge in [0.1, 0.15) is 19.4 Å². The molecule has 0 aliphatic heterocycles. The highest BCUT2D eigenvalue weighted by atomic mass is 16.6. The van der Waals surface area contributed by atoms with Crippen LogP contribution in [0.4, 0.5) is 0 Å². The number of hydrogen-bond donors (Lipinski definition) is 0. The number of aryl methyl sites for hydroxylation is 1. The van der Waals surface area contributed by atoms with Crippen LogP contribution in [0.1, 0.15) is 18.1 Å². The fourth-order valence-corrected chi connectivity index (χ4v) is 1.49. The molecule has 0 aromatic heterocycles. The van der Waals surface area contributed by atoms with Gasteiger partial charge in [0, 0.05) is 14.1 Å². The number of carbonyl (C=O) groups excluding carboxylic acids is 1. The zero-order valence-electron chi connectivity index (χ0n) is 13.1. The van der Waals surface area contributed by atoms with Crippen molar-refractivity contribution in [3.63, 3.8) is 0 Å². The third-order valence-corrected chi connectivity index (χ3v) is 2.69. The number of benzene rings is 1. The lowest BCUT2D eigenvalue weighted by molar-refractivity contribution is -0.121. The summed E-state index contributed by atoms with van der Waals surface area (Å²) in [5, 5.41) is 7.62. The van der Waals surface area contributed by atoms with Crippen molar-refractivity contribution in [2.45, 2.75) is 20.5 Å². The molecule has 6 heteroatoms. The Hall–Kier alpha value is -2.37. The molecule has 0 unspecified atom stereocenters. The van der Waals surface area contributed by atoms with Crippen molar-refractivity contribution in [1.29, 1.82) is 0 Å². The minimum Gasteiger partial charge on any atom is -0.398 e. The summed E-state index contributed by atoms with van der Waals surface area (Å²) < 4.78 is 0. The Balaban J connectivity index is 2.71. The van der Waals surface area contributed by atoms with Gasteiger partial charge in [-0.25, -0.2) is 0 Å². The molecule has 1 amide bonds. The topological polar surface area (TPSA) is 63.5 Å². The fourth-order valence-electron chi connectivity index (χ4n) is 1.49. The molecule has 0 saturated carbocycles. The Bertz CT molecular complexity index is 534. The lowest BCUT2D eigenvalue weighted by Gasteiger charge is -2.11. The van der Waals surface area contributed by atoms with Crippen LogP contribution < -0.4 is 0 Å². The standard InChI is InChI=1S/C15H21N3O3/c1-11-6-8-13(9-7-11)10-21-16-12(2)14(17-20-5)15(19)18(3)4/h6-9H,10H2,1-5H3/b16-12+,17-14-. The zero-order valence-corrected chi connectivity index (χ0v) is 13.1. The molecule has 114 valence electrons. The van der Waals surface area contributed by atoms with Crippen molar-refractivity contribution in [2.24, 2.45) is 10.3 Å². The van der Waals surface area contributed by atoms with Crippen molar-refractivity contribution >= 4 is 17.3 Å². The summed E-state index contributed by atoms with van der Waals surface area (Å²) in [5.41, 5.74) is 2.67. The first-order chi connectivity index (χ1) is 9.95. The Labute approximate surface area is 125 Å². The molecule has 0 saturated heterocycles. The number of carbonyl (C=O) groups is 1. The van der Waals surface area contributed by atoms with E-state index in [1.807, 2.05) is 31.2 Å². The molecule has 21 heavy (non-hydrogen) atoms. The lowest BCUT2D eigenvalue weighted by atomic mass is 10.2. The van der Waals surface area contributed by atoms with E-state index < -0.39 is 0 Å². The second-order valence-corrected chi connectivity index (χ2v) is 4.76. The number of nitrogens with zero attached hydrogens (tertiary/aromatic N) is 3. The Kier molecular flexibility index (Phi) is 6.39. The van der Waals surface area contributed by atoms with Gasteiger partial charge in [0.25, 0.3) is 5.91 Å². The summed E-state index contributed by atoms with van der Waals surface area (Å²) in [4.78, 5) is 23.3. The lowest BCUT2D eigenvalue weighted by Crippen LogP contribution is -2.34. The normalized spacial score (nSPS) is 12.0. The molecule has 1 aromatic carbocycles. The summed E-state index contributed by atoms with van der Waals surface area (Å²) in [5.74, 6) is -0.294. The molecule has 0 heterocycles. The first-order valence-corrected chi connectivity index (χ1v) is 6.51. The van der Waals surface area contributed by atoms with E-state index >= 15 is 0 Å². The van der Waals surface area contributed by atoms with Gasteiger partial charge in [0.2, 0.25) is 0 Å². The average Bonchev–Trinajstić information content (AvgIpc) is 2.45. The molecule has 0 N–H and O–H groups in total. The van der Waals surface area contributed by atoms with Crippen LogP contribution in [-0.2, 0) is 21.1 Å². The third-order valence-electron chi connectivity index (χ3n) is 2.69. The predicted molar refractivity (Wildman–Crippen MR) is 82.2 cm³/mol. The summed E-state index contributed by atoms with van der Waals surface area (Å²) >= 11 is 0. The molecular formula is C15H21N3O3. The highest BCUT2D eigenvalue weighted by Gasteiger charge is 2.18. The van der Waals surface area contributed by atoms with Crippen LogP contribution in [-0.4, -0.2) is 43.4 Å². The van der Waals surface area contributed by atoms with Gasteiger partial charge in [-0.3, -0.25) is 4.79 Å². The van der Waals surface area contributed by atoms with Crippen LogP contribution in [0, 0.1) is 6.92 Å². The number of hydrogen-bond acceptors (Lipinski definition) is 5. The second kappa shape index (κ2) is 8.04. The average molecular weight is 291 g/mol. The van der Waals surface area contributed by atoms with Crippen LogP contribution in [0.15, 0.2) is 34.6 Å². The van der Waals surface area contributed by atoms with E-state index in [1.54, 1.807) is 21.0 Å². The monoisotopic (exact) mass is 291 g/mol. The molecule has 0 fully saturated rings. The van der Waals surface area contributed by atoms with E-state index in [2.05, 4.69) is 15.1 Å². The van der Waals surface area contributed by atoms with Gasteiger partial charge in [-0.2, -0.15) is 0 Å². The number of oxime groups is 2. The van der Waals surface area contributed by atoms with Crippen molar-refractivity contribution in [3.05, 3.63) is 35.4 Å². The van der Waals surface area contributed by atoms with Crippen molar-refractivity contribution in [2.75, 3.05) is 21.2 Å². The van der Waals surface area contributed by atoms with Crippen LogP contribution in [0.25, 0.3) is 0 Å².